The maximum Gasteiger partial charge on any atom is 0.337 e. The molecule has 3 rings (SSSR count). The summed E-state index contributed by atoms with van der Waals surface area (Å²) in [6.45, 7) is 1.66. The van der Waals surface area contributed by atoms with Crippen LogP contribution in [0.3, 0.4) is 0 Å². The summed E-state index contributed by atoms with van der Waals surface area (Å²) in [5.41, 5.74) is 1.27. The first-order valence-electron chi connectivity index (χ1n) is 6.96. The first-order chi connectivity index (χ1) is 11.8. The number of imidazole rings is 1. The fraction of sp³-hybridized carbons (Fsp3) is 0.0625. The van der Waals surface area contributed by atoms with Crippen molar-refractivity contribution in [3.8, 4) is 0 Å². The highest BCUT2D eigenvalue weighted by molar-refractivity contribution is 6.36. The van der Waals surface area contributed by atoms with E-state index in [2.05, 4.69) is 10.3 Å². The van der Waals surface area contributed by atoms with Crippen molar-refractivity contribution in [1.29, 1.82) is 0 Å². The molecule has 2 aromatic heterocycles. The van der Waals surface area contributed by atoms with E-state index in [4.69, 9.17) is 39.9 Å². The standard InChI is InChI=1S/C16H10Cl3N3O3/c1-7-13(22-6-8(17)4-12(19)14(22)20-7)15(23)21-9-2-3-11(18)10(5-9)16(24)25/h2-6H,1H3,(H,21,23)(H,24,25). The minimum Gasteiger partial charge on any atom is -0.478 e. The maximum atomic E-state index is 12.7. The molecule has 9 heteroatoms. The second kappa shape index (κ2) is 6.55. The fourth-order valence-electron chi connectivity index (χ4n) is 2.42. The van der Waals surface area contributed by atoms with Crippen LogP contribution in [0.4, 0.5) is 5.69 Å². The molecule has 0 saturated heterocycles. The van der Waals surface area contributed by atoms with E-state index in [9.17, 15) is 9.59 Å². The number of carbonyl (C=O) groups is 2. The number of hydrogen-bond donors (Lipinski definition) is 2. The third kappa shape index (κ3) is 3.28. The van der Waals surface area contributed by atoms with Crippen molar-refractivity contribution >= 4 is 58.0 Å². The lowest BCUT2D eigenvalue weighted by molar-refractivity contribution is 0.0696. The number of carboxylic acids is 1. The monoisotopic (exact) mass is 397 g/mol. The van der Waals surface area contributed by atoms with E-state index in [-0.39, 0.29) is 22.0 Å². The first kappa shape index (κ1) is 17.5. The van der Waals surface area contributed by atoms with Gasteiger partial charge < -0.3 is 10.4 Å². The zero-order valence-corrected chi connectivity index (χ0v) is 14.9. The Morgan fingerprint density at radius 3 is 2.56 bits per heavy atom. The molecule has 1 amide bonds. The van der Waals surface area contributed by atoms with E-state index >= 15 is 0 Å². The van der Waals surface area contributed by atoms with Gasteiger partial charge in [0.2, 0.25) is 0 Å². The quantitative estimate of drug-likeness (QED) is 0.678. The number of pyridine rings is 1. The lowest BCUT2D eigenvalue weighted by atomic mass is 10.2. The topological polar surface area (TPSA) is 83.7 Å². The third-order valence-corrected chi connectivity index (χ3v) is 4.30. The number of halogens is 3. The summed E-state index contributed by atoms with van der Waals surface area (Å²) in [5, 5.41) is 12.5. The van der Waals surface area contributed by atoms with Crippen molar-refractivity contribution in [3.63, 3.8) is 0 Å². The van der Waals surface area contributed by atoms with Crippen molar-refractivity contribution in [1.82, 2.24) is 9.38 Å². The normalized spacial score (nSPS) is 10.9. The lowest BCUT2D eigenvalue weighted by Crippen LogP contribution is -2.16. The largest absolute Gasteiger partial charge is 0.478 e. The molecule has 0 atom stereocenters. The van der Waals surface area contributed by atoms with Crippen molar-refractivity contribution in [3.05, 3.63) is 62.5 Å². The van der Waals surface area contributed by atoms with Crippen molar-refractivity contribution < 1.29 is 14.7 Å². The zero-order valence-electron chi connectivity index (χ0n) is 12.7. The van der Waals surface area contributed by atoms with Gasteiger partial charge in [0.25, 0.3) is 5.91 Å². The molecule has 0 bridgehead atoms. The van der Waals surface area contributed by atoms with Crippen LogP contribution in [0.2, 0.25) is 15.1 Å². The van der Waals surface area contributed by atoms with E-state index in [1.807, 2.05) is 0 Å². The van der Waals surface area contributed by atoms with Gasteiger partial charge in [-0.1, -0.05) is 34.8 Å². The highest BCUT2D eigenvalue weighted by Gasteiger charge is 2.19. The highest BCUT2D eigenvalue weighted by Crippen LogP contribution is 2.25. The van der Waals surface area contributed by atoms with Gasteiger partial charge >= 0.3 is 5.97 Å². The predicted molar refractivity (Wildman–Crippen MR) is 96.3 cm³/mol. The number of hydrogen-bond acceptors (Lipinski definition) is 3. The summed E-state index contributed by atoms with van der Waals surface area (Å²) in [7, 11) is 0. The molecule has 25 heavy (non-hydrogen) atoms. The van der Waals surface area contributed by atoms with Crippen molar-refractivity contribution in [2.24, 2.45) is 0 Å². The molecule has 0 spiro atoms. The molecule has 2 N–H and O–H groups in total. The third-order valence-electron chi connectivity index (χ3n) is 3.49. The molecule has 0 aliphatic rings. The van der Waals surface area contributed by atoms with Crippen LogP contribution in [0.15, 0.2) is 30.5 Å². The molecule has 128 valence electrons. The summed E-state index contributed by atoms with van der Waals surface area (Å²) in [6, 6.07) is 5.72. The second-order valence-corrected chi connectivity index (χ2v) is 6.45. The molecule has 3 aromatic rings. The van der Waals surface area contributed by atoms with Gasteiger partial charge in [-0.05, 0) is 31.2 Å². The number of anilines is 1. The molecule has 0 aliphatic carbocycles. The second-order valence-electron chi connectivity index (χ2n) is 5.20. The summed E-state index contributed by atoms with van der Waals surface area (Å²) in [4.78, 5) is 28.1. The molecule has 2 heterocycles. The number of nitrogens with one attached hydrogen (secondary N) is 1. The molecule has 0 aliphatic heterocycles. The molecule has 6 nitrogen and oxygen atoms in total. The van der Waals surface area contributed by atoms with E-state index in [0.29, 0.717) is 21.4 Å². The number of amides is 1. The summed E-state index contributed by atoms with van der Waals surface area (Å²) >= 11 is 17.9. The number of nitrogens with zero attached hydrogens (tertiary/aromatic N) is 2. The number of aromatic nitrogens is 2. The van der Waals surface area contributed by atoms with E-state index in [1.165, 1.54) is 34.9 Å². The number of rotatable bonds is 3. The molecule has 0 unspecified atom stereocenters. The Balaban J connectivity index is 2.03. The predicted octanol–water partition coefficient (Wildman–Crippen LogP) is 4.55. The van der Waals surface area contributed by atoms with Gasteiger partial charge in [0.15, 0.2) is 5.65 Å². The van der Waals surface area contributed by atoms with Crippen LogP contribution in [0, 0.1) is 6.92 Å². The van der Waals surface area contributed by atoms with Gasteiger partial charge in [-0.3, -0.25) is 9.20 Å². The van der Waals surface area contributed by atoms with Gasteiger partial charge in [0.1, 0.15) is 5.69 Å². The number of aryl methyl sites for hydroxylation is 1. The number of fused-ring (bicyclic) bond motifs is 1. The Hall–Kier alpha value is -2.28. The lowest BCUT2D eigenvalue weighted by Gasteiger charge is -2.08. The number of carboxylic acid groups (broad SMARTS) is 1. The minimum absolute atomic E-state index is 0.0787. The van der Waals surface area contributed by atoms with Gasteiger partial charge in [0.05, 0.1) is 26.3 Å². The molecule has 0 radical (unpaired) electrons. The Labute approximate surface area is 156 Å². The molecular formula is C16H10Cl3N3O3. The fourth-order valence-corrected chi connectivity index (χ4v) is 3.13. The van der Waals surface area contributed by atoms with Crippen LogP contribution in [-0.2, 0) is 0 Å². The number of benzene rings is 1. The van der Waals surface area contributed by atoms with Crippen LogP contribution in [-0.4, -0.2) is 26.4 Å². The van der Waals surface area contributed by atoms with Crippen molar-refractivity contribution in [2.45, 2.75) is 6.92 Å². The Morgan fingerprint density at radius 1 is 1.16 bits per heavy atom. The Morgan fingerprint density at radius 2 is 1.88 bits per heavy atom. The first-order valence-corrected chi connectivity index (χ1v) is 8.09. The molecule has 0 fully saturated rings. The van der Waals surface area contributed by atoms with Crippen LogP contribution in [0.5, 0.6) is 0 Å². The number of aromatic carboxylic acids is 1. The summed E-state index contributed by atoms with van der Waals surface area (Å²) in [5.74, 6) is -1.67. The highest BCUT2D eigenvalue weighted by atomic mass is 35.5. The molecular weight excluding hydrogens is 389 g/mol. The summed E-state index contributed by atoms with van der Waals surface area (Å²) < 4.78 is 1.49. The van der Waals surface area contributed by atoms with E-state index < -0.39 is 11.9 Å². The van der Waals surface area contributed by atoms with E-state index in [0.717, 1.165) is 0 Å². The van der Waals surface area contributed by atoms with E-state index in [1.54, 1.807) is 6.92 Å². The van der Waals surface area contributed by atoms with Crippen LogP contribution >= 0.6 is 34.8 Å². The molecule has 0 saturated carbocycles. The minimum atomic E-state index is -1.19. The SMILES string of the molecule is Cc1nc2c(Cl)cc(Cl)cn2c1C(=O)Nc1ccc(Cl)c(C(=O)O)c1. The van der Waals surface area contributed by atoms with Crippen molar-refractivity contribution in [2.75, 3.05) is 5.32 Å². The zero-order chi connectivity index (χ0) is 18.3. The van der Waals surface area contributed by atoms with Gasteiger partial charge in [0, 0.05) is 11.9 Å². The average molecular weight is 399 g/mol. The maximum absolute atomic E-state index is 12.7. The van der Waals surface area contributed by atoms with Crippen LogP contribution < -0.4 is 5.32 Å². The van der Waals surface area contributed by atoms with Crippen LogP contribution in [0.25, 0.3) is 5.65 Å². The Kier molecular flexibility index (Phi) is 4.60. The number of carbonyl (C=O) groups excluding carboxylic acids is 1. The Bertz CT molecular complexity index is 1030. The van der Waals surface area contributed by atoms with Gasteiger partial charge in [-0.2, -0.15) is 0 Å². The van der Waals surface area contributed by atoms with Gasteiger partial charge in [-0.15, -0.1) is 0 Å². The smallest absolute Gasteiger partial charge is 0.337 e. The summed E-state index contributed by atoms with van der Waals surface area (Å²) in [6.07, 6.45) is 1.53. The molecule has 1 aromatic carbocycles. The van der Waals surface area contributed by atoms with Crippen LogP contribution in [0.1, 0.15) is 26.5 Å². The van der Waals surface area contributed by atoms with Gasteiger partial charge in [-0.25, -0.2) is 9.78 Å². The average Bonchev–Trinajstić information content (AvgIpc) is 2.85.